The zero-order chi connectivity index (χ0) is 14.8. The third kappa shape index (κ3) is 3.17. The molecule has 1 unspecified atom stereocenters. The molecular formula is C12H14BrF3N2OS. The lowest BCUT2D eigenvalue weighted by Crippen LogP contribution is -2.52. The molecule has 0 radical (unpaired) electrons. The number of carbonyl (C=O) groups excluding carboxylic acids is 1. The Morgan fingerprint density at radius 3 is 2.75 bits per heavy atom. The standard InChI is InChI=1S/C12H14BrF3N2OS/c13-9-2-1-8(20-9)3-5-18-10(19)11(12(14,15)16)4-6-17-7-11/h1-2,17H,3-7H2,(H,18,19). The van der Waals surface area contributed by atoms with Gasteiger partial charge in [-0.1, -0.05) is 0 Å². The van der Waals surface area contributed by atoms with Gasteiger partial charge in [0.15, 0.2) is 5.41 Å². The highest BCUT2D eigenvalue weighted by Gasteiger charge is 2.61. The van der Waals surface area contributed by atoms with Crippen molar-refractivity contribution in [3.05, 3.63) is 20.8 Å². The predicted molar refractivity (Wildman–Crippen MR) is 74.7 cm³/mol. The van der Waals surface area contributed by atoms with Crippen molar-refractivity contribution in [3.8, 4) is 0 Å². The Morgan fingerprint density at radius 2 is 2.25 bits per heavy atom. The lowest BCUT2D eigenvalue weighted by molar-refractivity contribution is -0.215. The third-order valence-corrected chi connectivity index (χ3v) is 5.10. The van der Waals surface area contributed by atoms with E-state index in [1.165, 1.54) is 11.3 Å². The maximum absolute atomic E-state index is 13.1. The average molecular weight is 371 g/mol. The van der Waals surface area contributed by atoms with Crippen LogP contribution in [0.3, 0.4) is 0 Å². The molecule has 1 amide bonds. The van der Waals surface area contributed by atoms with Gasteiger partial charge < -0.3 is 10.6 Å². The summed E-state index contributed by atoms with van der Waals surface area (Å²) in [6.45, 7) is 0.0846. The molecule has 1 fully saturated rings. The van der Waals surface area contributed by atoms with E-state index in [9.17, 15) is 18.0 Å². The van der Waals surface area contributed by atoms with Crippen LogP contribution >= 0.6 is 27.3 Å². The minimum absolute atomic E-state index is 0.202. The number of alkyl halides is 3. The second kappa shape index (κ2) is 6.03. The van der Waals surface area contributed by atoms with E-state index in [2.05, 4.69) is 26.6 Å². The maximum atomic E-state index is 13.1. The van der Waals surface area contributed by atoms with E-state index >= 15 is 0 Å². The van der Waals surface area contributed by atoms with E-state index in [1.54, 1.807) is 0 Å². The molecule has 1 aromatic rings. The fourth-order valence-electron chi connectivity index (χ4n) is 2.21. The molecular weight excluding hydrogens is 357 g/mol. The largest absolute Gasteiger partial charge is 0.404 e. The molecule has 1 aliphatic heterocycles. The van der Waals surface area contributed by atoms with Crippen molar-refractivity contribution >= 4 is 33.2 Å². The fourth-order valence-corrected chi connectivity index (χ4v) is 3.69. The first-order valence-electron chi connectivity index (χ1n) is 6.15. The summed E-state index contributed by atoms with van der Waals surface area (Å²) in [5.41, 5.74) is -2.27. The molecule has 1 atom stereocenters. The summed E-state index contributed by atoms with van der Waals surface area (Å²) in [4.78, 5) is 12.9. The molecule has 112 valence electrons. The Labute approximate surface area is 127 Å². The quantitative estimate of drug-likeness (QED) is 0.855. The molecule has 0 saturated carbocycles. The molecule has 2 heterocycles. The van der Waals surface area contributed by atoms with Crippen LogP contribution in [0.4, 0.5) is 13.2 Å². The molecule has 0 aromatic carbocycles. The molecule has 1 aromatic heterocycles. The molecule has 1 aliphatic rings. The van der Waals surface area contributed by atoms with Crippen molar-refractivity contribution in [2.75, 3.05) is 19.6 Å². The number of halogens is 4. The van der Waals surface area contributed by atoms with Gasteiger partial charge in [-0.25, -0.2) is 0 Å². The predicted octanol–water partition coefficient (Wildman–Crippen LogP) is 2.71. The van der Waals surface area contributed by atoms with Crippen LogP contribution in [0, 0.1) is 5.41 Å². The van der Waals surface area contributed by atoms with E-state index in [1.807, 2.05) is 12.1 Å². The molecule has 1 saturated heterocycles. The van der Waals surface area contributed by atoms with Crippen LogP contribution in [0.15, 0.2) is 15.9 Å². The van der Waals surface area contributed by atoms with E-state index in [4.69, 9.17) is 0 Å². The first-order valence-corrected chi connectivity index (χ1v) is 7.76. The van der Waals surface area contributed by atoms with Gasteiger partial charge in [0.2, 0.25) is 5.91 Å². The Kier molecular flexibility index (Phi) is 4.76. The van der Waals surface area contributed by atoms with Crippen LogP contribution in [0.5, 0.6) is 0 Å². The monoisotopic (exact) mass is 370 g/mol. The van der Waals surface area contributed by atoms with E-state index in [0.717, 1.165) is 8.66 Å². The normalized spacial score (nSPS) is 23.0. The Morgan fingerprint density at radius 1 is 1.50 bits per heavy atom. The lowest BCUT2D eigenvalue weighted by atomic mass is 9.85. The van der Waals surface area contributed by atoms with Crippen LogP contribution in [-0.4, -0.2) is 31.7 Å². The van der Waals surface area contributed by atoms with Gasteiger partial charge in [-0.3, -0.25) is 4.79 Å². The van der Waals surface area contributed by atoms with Crippen molar-refractivity contribution in [2.45, 2.75) is 19.0 Å². The number of hydrogen-bond donors (Lipinski definition) is 2. The highest BCUT2D eigenvalue weighted by molar-refractivity contribution is 9.11. The number of thiophene rings is 1. The van der Waals surface area contributed by atoms with Crippen molar-refractivity contribution in [1.29, 1.82) is 0 Å². The molecule has 0 aliphatic carbocycles. The number of carbonyl (C=O) groups is 1. The van der Waals surface area contributed by atoms with Crippen LogP contribution < -0.4 is 10.6 Å². The van der Waals surface area contributed by atoms with Crippen molar-refractivity contribution in [2.24, 2.45) is 5.41 Å². The van der Waals surface area contributed by atoms with E-state index in [0.29, 0.717) is 6.42 Å². The summed E-state index contributed by atoms with van der Waals surface area (Å²) in [5.74, 6) is -0.925. The molecule has 3 nitrogen and oxygen atoms in total. The third-order valence-electron chi connectivity index (χ3n) is 3.42. The second-order valence-corrected chi connectivity index (χ2v) is 7.27. The summed E-state index contributed by atoms with van der Waals surface area (Å²) < 4.78 is 40.3. The van der Waals surface area contributed by atoms with Gasteiger partial charge in [0, 0.05) is 18.0 Å². The minimum atomic E-state index is -4.52. The SMILES string of the molecule is O=C(NCCc1ccc(Br)s1)C1(C(F)(F)F)CCNC1. The maximum Gasteiger partial charge on any atom is 0.404 e. The van der Waals surface area contributed by atoms with Crippen LogP contribution in [0.25, 0.3) is 0 Å². The van der Waals surface area contributed by atoms with Crippen molar-refractivity contribution < 1.29 is 18.0 Å². The van der Waals surface area contributed by atoms with Gasteiger partial charge in [-0.15, -0.1) is 11.3 Å². The number of hydrogen-bond acceptors (Lipinski definition) is 3. The zero-order valence-corrected chi connectivity index (χ0v) is 12.9. The summed E-state index contributed by atoms with van der Waals surface area (Å²) in [7, 11) is 0. The Bertz CT molecular complexity index is 483. The zero-order valence-electron chi connectivity index (χ0n) is 10.5. The Hall–Kier alpha value is -0.600. The molecule has 2 N–H and O–H groups in total. The van der Waals surface area contributed by atoms with Gasteiger partial charge in [-0.05, 0) is 47.4 Å². The minimum Gasteiger partial charge on any atom is -0.355 e. The van der Waals surface area contributed by atoms with Crippen LogP contribution in [0.2, 0.25) is 0 Å². The lowest BCUT2D eigenvalue weighted by Gasteiger charge is -2.29. The summed E-state index contributed by atoms with van der Waals surface area (Å²) >= 11 is 4.82. The fraction of sp³-hybridized carbons (Fsp3) is 0.583. The smallest absolute Gasteiger partial charge is 0.355 e. The average Bonchev–Trinajstić information content (AvgIpc) is 2.97. The van der Waals surface area contributed by atoms with Crippen LogP contribution in [0.1, 0.15) is 11.3 Å². The van der Waals surface area contributed by atoms with Crippen molar-refractivity contribution in [1.82, 2.24) is 10.6 Å². The molecule has 20 heavy (non-hydrogen) atoms. The second-order valence-electron chi connectivity index (χ2n) is 4.72. The summed E-state index contributed by atoms with van der Waals surface area (Å²) in [6, 6.07) is 3.76. The molecule has 8 heteroatoms. The van der Waals surface area contributed by atoms with Crippen molar-refractivity contribution in [3.63, 3.8) is 0 Å². The first kappa shape index (κ1) is 15.8. The highest BCUT2D eigenvalue weighted by Crippen LogP contribution is 2.43. The highest BCUT2D eigenvalue weighted by atomic mass is 79.9. The number of nitrogens with one attached hydrogen (secondary N) is 2. The topological polar surface area (TPSA) is 41.1 Å². The number of rotatable bonds is 4. The first-order chi connectivity index (χ1) is 9.35. The van der Waals surface area contributed by atoms with Gasteiger partial charge in [0.25, 0.3) is 0 Å². The van der Waals surface area contributed by atoms with E-state index in [-0.39, 0.29) is 26.1 Å². The Balaban J connectivity index is 1.93. The molecule has 0 bridgehead atoms. The van der Waals surface area contributed by atoms with Gasteiger partial charge in [-0.2, -0.15) is 13.2 Å². The van der Waals surface area contributed by atoms with Gasteiger partial charge >= 0.3 is 6.18 Å². The summed E-state index contributed by atoms with van der Waals surface area (Å²) in [6.07, 6.45) is -4.19. The van der Waals surface area contributed by atoms with Gasteiger partial charge in [0.05, 0.1) is 3.79 Å². The van der Waals surface area contributed by atoms with E-state index < -0.39 is 17.5 Å². The summed E-state index contributed by atoms with van der Waals surface area (Å²) in [5, 5.41) is 5.05. The number of amides is 1. The van der Waals surface area contributed by atoms with Gasteiger partial charge in [0.1, 0.15) is 0 Å². The molecule has 2 rings (SSSR count). The molecule has 0 spiro atoms. The van der Waals surface area contributed by atoms with Crippen LogP contribution in [-0.2, 0) is 11.2 Å².